The molecule has 0 nitrogen and oxygen atoms in total. The minimum atomic E-state index is 0.639. The quantitative estimate of drug-likeness (QED) is 0.503. The molecule has 0 aliphatic heterocycles. The molecular weight excluding hydrogens is 132 g/mol. The van der Waals surface area contributed by atoms with Gasteiger partial charge in [0.2, 0.25) is 0 Å². The van der Waals surface area contributed by atoms with Crippen LogP contribution in [0.3, 0.4) is 0 Å². The molecule has 2 bridgehead atoms. The van der Waals surface area contributed by atoms with Crippen LogP contribution in [0.25, 0.3) is 0 Å². The molecule has 1 fully saturated rings. The van der Waals surface area contributed by atoms with E-state index in [9.17, 15) is 0 Å². The molecule has 0 spiro atoms. The zero-order valence-corrected chi connectivity index (χ0v) is 7.85. The second-order valence-corrected chi connectivity index (χ2v) is 4.67. The van der Waals surface area contributed by atoms with Crippen LogP contribution in [0.15, 0.2) is 11.6 Å². The van der Waals surface area contributed by atoms with Crippen molar-refractivity contribution in [2.45, 2.75) is 40.0 Å². The Kier molecular flexibility index (Phi) is 1.42. The largest absolute Gasteiger partial charge is 0.0847 e. The molecule has 0 aromatic carbocycles. The van der Waals surface area contributed by atoms with Gasteiger partial charge in [0.25, 0.3) is 0 Å². The summed E-state index contributed by atoms with van der Waals surface area (Å²) in [4.78, 5) is 0. The van der Waals surface area contributed by atoms with Crippen molar-refractivity contribution < 1.29 is 0 Å². The van der Waals surface area contributed by atoms with Gasteiger partial charge in [0.05, 0.1) is 0 Å². The Morgan fingerprint density at radius 2 is 2.27 bits per heavy atom. The Bertz CT molecular complexity index is 198. The van der Waals surface area contributed by atoms with Gasteiger partial charge in [-0.05, 0) is 36.5 Å². The predicted octanol–water partition coefficient (Wildman–Crippen LogP) is 3.39. The minimum Gasteiger partial charge on any atom is -0.0847 e. The second-order valence-electron chi connectivity index (χ2n) is 4.67. The predicted molar refractivity (Wildman–Crippen MR) is 48.4 cm³/mol. The Hall–Kier alpha value is -0.260. The summed E-state index contributed by atoms with van der Waals surface area (Å²) < 4.78 is 0. The van der Waals surface area contributed by atoms with E-state index in [1.54, 1.807) is 5.57 Å². The van der Waals surface area contributed by atoms with Crippen molar-refractivity contribution in [3.8, 4) is 0 Å². The summed E-state index contributed by atoms with van der Waals surface area (Å²) >= 11 is 0. The van der Waals surface area contributed by atoms with Crippen molar-refractivity contribution in [3.63, 3.8) is 0 Å². The number of allylic oxidation sites excluding steroid dienone is 2. The lowest BCUT2D eigenvalue weighted by Crippen LogP contribution is -2.47. The molecule has 0 heterocycles. The van der Waals surface area contributed by atoms with Gasteiger partial charge in [-0.15, -0.1) is 0 Å². The Morgan fingerprint density at radius 3 is 2.64 bits per heavy atom. The van der Waals surface area contributed by atoms with Crippen LogP contribution in [0.5, 0.6) is 0 Å². The second kappa shape index (κ2) is 2.12. The van der Waals surface area contributed by atoms with Crippen LogP contribution in [0.4, 0.5) is 0 Å². The molecule has 3 aliphatic carbocycles. The molecule has 3 aliphatic rings. The lowest BCUT2D eigenvalue weighted by Gasteiger charge is -2.56. The van der Waals surface area contributed by atoms with Gasteiger partial charge in [0, 0.05) is 0 Å². The molecule has 0 amide bonds. The number of fused-ring (bicyclic) bond motifs is 1. The first-order valence-corrected chi connectivity index (χ1v) is 4.85. The van der Waals surface area contributed by atoms with E-state index in [4.69, 9.17) is 0 Å². The van der Waals surface area contributed by atoms with Crippen molar-refractivity contribution in [2.24, 2.45) is 17.3 Å². The summed E-state index contributed by atoms with van der Waals surface area (Å²) in [5, 5.41) is 0. The number of hydrogen-bond donors (Lipinski definition) is 0. The van der Waals surface area contributed by atoms with Gasteiger partial charge < -0.3 is 0 Å². The van der Waals surface area contributed by atoms with Crippen LogP contribution >= 0.6 is 0 Å². The normalized spacial score (nSPS) is 39.4. The Labute approximate surface area is 69.7 Å². The Morgan fingerprint density at radius 1 is 1.55 bits per heavy atom. The first-order chi connectivity index (χ1) is 5.16. The van der Waals surface area contributed by atoms with Crippen LogP contribution < -0.4 is 0 Å². The van der Waals surface area contributed by atoms with Crippen molar-refractivity contribution in [3.05, 3.63) is 11.6 Å². The summed E-state index contributed by atoms with van der Waals surface area (Å²) in [6, 6.07) is 0. The van der Waals surface area contributed by atoms with Crippen molar-refractivity contribution in [1.82, 2.24) is 0 Å². The van der Waals surface area contributed by atoms with E-state index in [1.165, 1.54) is 19.3 Å². The van der Waals surface area contributed by atoms with Gasteiger partial charge in [0.15, 0.2) is 0 Å². The topological polar surface area (TPSA) is 0 Å². The first kappa shape index (κ1) is 7.39. The van der Waals surface area contributed by atoms with Gasteiger partial charge in [0.1, 0.15) is 0 Å². The molecule has 0 aromatic rings. The number of hydrogen-bond acceptors (Lipinski definition) is 0. The third kappa shape index (κ3) is 0.816. The monoisotopic (exact) mass is 150 g/mol. The summed E-state index contributed by atoms with van der Waals surface area (Å²) in [5.41, 5.74) is 2.37. The molecule has 11 heavy (non-hydrogen) atoms. The summed E-state index contributed by atoms with van der Waals surface area (Å²) in [6.07, 6.45) is 6.60. The summed E-state index contributed by atoms with van der Waals surface area (Å²) in [5.74, 6) is 1.94. The van der Waals surface area contributed by atoms with Crippen LogP contribution in [0.1, 0.15) is 40.0 Å². The SMILES string of the molecule is CCC1=CCC2C[C@H]1C2(C)C. The van der Waals surface area contributed by atoms with Crippen molar-refractivity contribution in [1.29, 1.82) is 0 Å². The average molecular weight is 150 g/mol. The van der Waals surface area contributed by atoms with E-state index < -0.39 is 0 Å². The van der Waals surface area contributed by atoms with Gasteiger partial charge in [-0.3, -0.25) is 0 Å². The minimum absolute atomic E-state index is 0.639. The van der Waals surface area contributed by atoms with E-state index in [0.717, 1.165) is 11.8 Å². The van der Waals surface area contributed by atoms with Crippen LogP contribution in [-0.2, 0) is 0 Å². The molecule has 0 radical (unpaired) electrons. The molecule has 0 aromatic heterocycles. The third-order valence-electron chi connectivity index (χ3n) is 3.99. The molecule has 1 saturated carbocycles. The van der Waals surface area contributed by atoms with Gasteiger partial charge in [-0.2, -0.15) is 0 Å². The zero-order valence-electron chi connectivity index (χ0n) is 7.85. The fraction of sp³-hybridized carbons (Fsp3) is 0.818. The highest BCUT2D eigenvalue weighted by Gasteiger charge is 2.50. The smallest absolute Gasteiger partial charge is 0.0146 e. The van der Waals surface area contributed by atoms with E-state index in [1.807, 2.05) is 0 Å². The molecule has 0 N–H and O–H groups in total. The molecule has 0 saturated heterocycles. The van der Waals surface area contributed by atoms with E-state index in [2.05, 4.69) is 26.8 Å². The fourth-order valence-corrected chi connectivity index (χ4v) is 2.87. The lowest BCUT2D eigenvalue weighted by molar-refractivity contribution is -0.00777. The van der Waals surface area contributed by atoms with Crippen LogP contribution in [0.2, 0.25) is 0 Å². The van der Waals surface area contributed by atoms with E-state index in [-0.39, 0.29) is 0 Å². The van der Waals surface area contributed by atoms with E-state index >= 15 is 0 Å². The average Bonchev–Trinajstić information content (AvgIpc) is 2.04. The van der Waals surface area contributed by atoms with Crippen molar-refractivity contribution in [2.75, 3.05) is 0 Å². The third-order valence-corrected chi connectivity index (χ3v) is 3.99. The van der Waals surface area contributed by atoms with Gasteiger partial charge in [-0.1, -0.05) is 32.4 Å². The molecule has 3 rings (SSSR count). The van der Waals surface area contributed by atoms with Gasteiger partial charge in [-0.25, -0.2) is 0 Å². The number of rotatable bonds is 1. The van der Waals surface area contributed by atoms with Gasteiger partial charge >= 0.3 is 0 Å². The summed E-state index contributed by atoms with van der Waals surface area (Å²) in [6.45, 7) is 7.17. The summed E-state index contributed by atoms with van der Waals surface area (Å²) in [7, 11) is 0. The Balaban J connectivity index is 2.23. The molecule has 2 atom stereocenters. The highest BCUT2D eigenvalue weighted by molar-refractivity contribution is 5.22. The standard InChI is InChI=1S/C11H18/c1-4-8-5-6-9-7-10(8)11(9,2)3/h5,9-10H,4,6-7H2,1-3H3/t9?,10-/m1/s1. The maximum atomic E-state index is 2.49. The zero-order chi connectivity index (χ0) is 8.06. The maximum absolute atomic E-state index is 2.49. The molecule has 1 unspecified atom stereocenters. The van der Waals surface area contributed by atoms with Crippen LogP contribution in [-0.4, -0.2) is 0 Å². The molecular formula is C11H18. The van der Waals surface area contributed by atoms with Crippen molar-refractivity contribution >= 4 is 0 Å². The van der Waals surface area contributed by atoms with Crippen LogP contribution in [0, 0.1) is 17.3 Å². The lowest BCUT2D eigenvalue weighted by atomic mass is 9.48. The highest BCUT2D eigenvalue weighted by Crippen LogP contribution is 2.59. The highest BCUT2D eigenvalue weighted by atomic mass is 14.5. The molecule has 62 valence electrons. The fourth-order valence-electron chi connectivity index (χ4n) is 2.87. The molecule has 0 heteroatoms. The maximum Gasteiger partial charge on any atom is -0.0146 e. The van der Waals surface area contributed by atoms with E-state index in [0.29, 0.717) is 5.41 Å². The first-order valence-electron chi connectivity index (χ1n) is 4.85.